The third-order valence-corrected chi connectivity index (χ3v) is 5.28. The van der Waals surface area contributed by atoms with Gasteiger partial charge >= 0.3 is 0 Å². The molecular formula is C22H37N5O. The van der Waals surface area contributed by atoms with Crippen molar-refractivity contribution < 1.29 is 4.79 Å². The van der Waals surface area contributed by atoms with Gasteiger partial charge < -0.3 is 15.5 Å². The zero-order valence-corrected chi connectivity index (χ0v) is 18.0. The minimum atomic E-state index is 0.0214. The predicted octanol–water partition coefficient (Wildman–Crippen LogP) is 2.71. The van der Waals surface area contributed by atoms with Crippen LogP contribution in [-0.2, 0) is 6.54 Å². The number of hydrogen-bond donors (Lipinski definition) is 2. The maximum absolute atomic E-state index is 12.0. The van der Waals surface area contributed by atoms with Crippen LogP contribution in [0.2, 0.25) is 0 Å². The molecule has 1 amide bonds. The van der Waals surface area contributed by atoms with Crippen molar-refractivity contribution in [3.63, 3.8) is 0 Å². The first-order valence-corrected chi connectivity index (χ1v) is 10.6. The number of piperidine rings is 1. The fraction of sp³-hybridized carbons (Fsp3) is 0.636. The first kappa shape index (κ1) is 22.2. The van der Waals surface area contributed by atoms with E-state index in [1.54, 1.807) is 19.0 Å². The largest absolute Gasteiger partial charge is 0.357 e. The highest BCUT2D eigenvalue weighted by molar-refractivity contribution is 5.93. The molecule has 1 heterocycles. The van der Waals surface area contributed by atoms with Gasteiger partial charge in [-0.2, -0.15) is 0 Å². The molecule has 1 fully saturated rings. The van der Waals surface area contributed by atoms with Crippen LogP contribution in [0.5, 0.6) is 0 Å². The molecule has 1 aromatic rings. The summed E-state index contributed by atoms with van der Waals surface area (Å²) in [5, 5.41) is 6.78. The molecule has 1 aliphatic rings. The molecule has 1 atom stereocenters. The Kier molecular flexibility index (Phi) is 9.28. The van der Waals surface area contributed by atoms with Gasteiger partial charge in [-0.25, -0.2) is 4.99 Å². The number of benzene rings is 1. The van der Waals surface area contributed by atoms with E-state index in [1.165, 1.54) is 32.2 Å². The molecule has 0 bridgehead atoms. The predicted molar refractivity (Wildman–Crippen MR) is 117 cm³/mol. The van der Waals surface area contributed by atoms with E-state index in [0.717, 1.165) is 37.2 Å². The summed E-state index contributed by atoms with van der Waals surface area (Å²) in [5.41, 5.74) is 1.80. The number of aliphatic imine (C=N–C) groups is 1. The summed E-state index contributed by atoms with van der Waals surface area (Å²) in [6.07, 6.45) is 5.25. The summed E-state index contributed by atoms with van der Waals surface area (Å²) in [6.45, 7) is 8.97. The summed E-state index contributed by atoms with van der Waals surface area (Å²) in [5.74, 6) is 0.870. The van der Waals surface area contributed by atoms with Gasteiger partial charge in [0.15, 0.2) is 5.96 Å². The summed E-state index contributed by atoms with van der Waals surface area (Å²) >= 11 is 0. The number of likely N-dealkylation sites (tertiary alicyclic amines) is 1. The van der Waals surface area contributed by atoms with Crippen molar-refractivity contribution in [2.75, 3.05) is 40.3 Å². The Balaban J connectivity index is 1.86. The van der Waals surface area contributed by atoms with Crippen molar-refractivity contribution in [1.82, 2.24) is 20.4 Å². The highest BCUT2D eigenvalue weighted by atomic mass is 16.2. The highest BCUT2D eigenvalue weighted by Crippen LogP contribution is 2.18. The molecule has 156 valence electrons. The molecule has 1 aliphatic heterocycles. The first-order chi connectivity index (χ1) is 13.5. The molecule has 0 spiro atoms. The van der Waals surface area contributed by atoms with Crippen molar-refractivity contribution in [3.8, 4) is 0 Å². The fourth-order valence-corrected chi connectivity index (χ4v) is 3.66. The van der Waals surface area contributed by atoms with Crippen LogP contribution >= 0.6 is 0 Å². The minimum Gasteiger partial charge on any atom is -0.357 e. The van der Waals surface area contributed by atoms with E-state index in [2.05, 4.69) is 29.4 Å². The molecule has 1 unspecified atom stereocenters. The second kappa shape index (κ2) is 11.7. The normalized spacial score (nSPS) is 18.0. The van der Waals surface area contributed by atoms with E-state index in [0.29, 0.717) is 12.1 Å². The standard InChI is InChI=1S/C22H37N5O/c1-5-20-9-7-8-15-27(20)16-14-24-22(23-6-2)25-17-18-10-12-19(13-11-18)21(28)26(3)4/h10-13,20H,5-9,14-17H2,1-4H3,(H2,23,24,25). The van der Waals surface area contributed by atoms with Gasteiger partial charge in [-0.1, -0.05) is 25.5 Å². The molecule has 0 aromatic heterocycles. The average molecular weight is 388 g/mol. The van der Waals surface area contributed by atoms with E-state index >= 15 is 0 Å². The van der Waals surface area contributed by atoms with Gasteiger partial charge in [-0.05, 0) is 50.4 Å². The number of nitrogens with zero attached hydrogens (tertiary/aromatic N) is 3. The van der Waals surface area contributed by atoms with E-state index in [9.17, 15) is 4.79 Å². The zero-order chi connectivity index (χ0) is 20.4. The fourth-order valence-electron chi connectivity index (χ4n) is 3.66. The third-order valence-electron chi connectivity index (χ3n) is 5.28. The van der Waals surface area contributed by atoms with Crippen molar-refractivity contribution >= 4 is 11.9 Å². The summed E-state index contributed by atoms with van der Waals surface area (Å²) < 4.78 is 0. The second-order valence-electron chi connectivity index (χ2n) is 7.61. The van der Waals surface area contributed by atoms with Crippen LogP contribution in [0.4, 0.5) is 0 Å². The Morgan fingerprint density at radius 2 is 1.93 bits per heavy atom. The van der Waals surface area contributed by atoms with E-state index in [4.69, 9.17) is 4.99 Å². The maximum atomic E-state index is 12.0. The number of carbonyl (C=O) groups is 1. The minimum absolute atomic E-state index is 0.0214. The second-order valence-corrected chi connectivity index (χ2v) is 7.61. The smallest absolute Gasteiger partial charge is 0.253 e. The topological polar surface area (TPSA) is 60.0 Å². The van der Waals surface area contributed by atoms with Gasteiger partial charge in [0, 0.05) is 45.3 Å². The van der Waals surface area contributed by atoms with Gasteiger partial charge in [0.05, 0.1) is 6.54 Å². The van der Waals surface area contributed by atoms with Crippen molar-refractivity contribution in [2.24, 2.45) is 4.99 Å². The van der Waals surface area contributed by atoms with E-state index < -0.39 is 0 Å². The van der Waals surface area contributed by atoms with E-state index in [1.807, 2.05) is 24.3 Å². The molecule has 0 radical (unpaired) electrons. The molecule has 2 N–H and O–H groups in total. The monoisotopic (exact) mass is 387 g/mol. The number of amides is 1. The van der Waals surface area contributed by atoms with Crippen molar-refractivity contribution in [3.05, 3.63) is 35.4 Å². The summed E-state index contributed by atoms with van der Waals surface area (Å²) in [6, 6.07) is 8.43. The summed E-state index contributed by atoms with van der Waals surface area (Å²) in [4.78, 5) is 20.9. The summed E-state index contributed by atoms with van der Waals surface area (Å²) in [7, 11) is 3.53. The lowest BCUT2D eigenvalue weighted by atomic mass is 10.0. The lowest BCUT2D eigenvalue weighted by Gasteiger charge is -2.35. The highest BCUT2D eigenvalue weighted by Gasteiger charge is 2.19. The molecule has 1 aromatic carbocycles. The number of carbonyl (C=O) groups excluding carboxylic acids is 1. The van der Waals surface area contributed by atoms with Crippen LogP contribution in [-0.4, -0.2) is 68.0 Å². The van der Waals surface area contributed by atoms with Crippen LogP contribution in [0.15, 0.2) is 29.3 Å². The van der Waals surface area contributed by atoms with Crippen LogP contribution < -0.4 is 10.6 Å². The quantitative estimate of drug-likeness (QED) is 0.532. The molecule has 0 saturated carbocycles. The molecule has 28 heavy (non-hydrogen) atoms. The Labute approximate surface area is 170 Å². The maximum Gasteiger partial charge on any atom is 0.253 e. The van der Waals surface area contributed by atoms with Crippen LogP contribution in [0.25, 0.3) is 0 Å². The van der Waals surface area contributed by atoms with Gasteiger partial charge in [0.1, 0.15) is 0 Å². The zero-order valence-electron chi connectivity index (χ0n) is 18.0. The SMILES string of the molecule is CCNC(=NCc1ccc(C(=O)N(C)C)cc1)NCCN1CCCCC1CC. The number of nitrogens with one attached hydrogen (secondary N) is 2. The third kappa shape index (κ3) is 6.82. The average Bonchev–Trinajstić information content (AvgIpc) is 2.72. The van der Waals surface area contributed by atoms with Gasteiger partial charge in [-0.15, -0.1) is 0 Å². The lowest BCUT2D eigenvalue weighted by molar-refractivity contribution is 0.0827. The molecule has 2 rings (SSSR count). The van der Waals surface area contributed by atoms with Crippen molar-refractivity contribution in [2.45, 2.75) is 52.1 Å². The van der Waals surface area contributed by atoms with Gasteiger partial charge in [-0.3, -0.25) is 9.69 Å². The Morgan fingerprint density at radius 1 is 1.18 bits per heavy atom. The molecular weight excluding hydrogens is 350 g/mol. The molecule has 6 heteroatoms. The van der Waals surface area contributed by atoms with Crippen LogP contribution in [0, 0.1) is 0 Å². The van der Waals surface area contributed by atoms with E-state index in [-0.39, 0.29) is 5.91 Å². The van der Waals surface area contributed by atoms with Gasteiger partial charge in [0.2, 0.25) is 0 Å². The Hall–Kier alpha value is -2.08. The Morgan fingerprint density at radius 3 is 2.57 bits per heavy atom. The first-order valence-electron chi connectivity index (χ1n) is 10.6. The number of hydrogen-bond acceptors (Lipinski definition) is 3. The van der Waals surface area contributed by atoms with Crippen LogP contribution in [0.1, 0.15) is 55.5 Å². The lowest BCUT2D eigenvalue weighted by Crippen LogP contribution is -2.45. The van der Waals surface area contributed by atoms with Gasteiger partial charge in [0.25, 0.3) is 5.91 Å². The van der Waals surface area contributed by atoms with Crippen LogP contribution in [0.3, 0.4) is 0 Å². The molecule has 0 aliphatic carbocycles. The number of rotatable bonds is 8. The number of guanidine groups is 1. The Bertz CT molecular complexity index is 626. The molecule has 1 saturated heterocycles. The van der Waals surface area contributed by atoms with Crippen molar-refractivity contribution in [1.29, 1.82) is 0 Å². The molecule has 6 nitrogen and oxygen atoms in total.